The lowest BCUT2D eigenvalue weighted by Gasteiger charge is -2.40. The van der Waals surface area contributed by atoms with Gasteiger partial charge in [-0.05, 0) is 18.4 Å². The lowest BCUT2D eigenvalue weighted by Crippen LogP contribution is -2.54. The third-order valence-electron chi connectivity index (χ3n) is 6.10. The molecule has 9 heteroatoms. The van der Waals surface area contributed by atoms with Crippen LogP contribution in [0.2, 0.25) is 0 Å². The third kappa shape index (κ3) is 2.90. The Morgan fingerprint density at radius 3 is 2.41 bits per heavy atom. The predicted molar refractivity (Wildman–Crippen MR) is 98.1 cm³/mol. The van der Waals surface area contributed by atoms with E-state index < -0.39 is 23.9 Å². The molecule has 29 heavy (non-hydrogen) atoms. The molecule has 0 saturated carbocycles. The highest BCUT2D eigenvalue weighted by Gasteiger charge is 2.45. The van der Waals surface area contributed by atoms with E-state index in [1.54, 1.807) is 12.1 Å². The number of aromatic nitrogens is 2. The second-order valence-electron chi connectivity index (χ2n) is 8.01. The van der Waals surface area contributed by atoms with Gasteiger partial charge in [0.1, 0.15) is 5.69 Å². The van der Waals surface area contributed by atoms with E-state index in [1.165, 1.54) is 4.90 Å². The number of fused-ring (bicyclic) bond motifs is 1. The molecule has 1 aromatic carbocycles. The largest absolute Gasteiger partial charge is 0.377 e. The van der Waals surface area contributed by atoms with Crippen LogP contribution in [0, 0.1) is 0 Å². The Labute approximate surface area is 164 Å². The van der Waals surface area contributed by atoms with E-state index in [2.05, 4.69) is 9.97 Å². The van der Waals surface area contributed by atoms with Crippen molar-refractivity contribution in [1.29, 1.82) is 0 Å². The summed E-state index contributed by atoms with van der Waals surface area (Å²) in [4.78, 5) is 9.79. The van der Waals surface area contributed by atoms with Gasteiger partial charge in [-0.2, -0.15) is 8.78 Å². The van der Waals surface area contributed by atoms with Gasteiger partial charge in [-0.25, -0.2) is 18.7 Å². The fourth-order valence-corrected chi connectivity index (χ4v) is 4.15. The van der Waals surface area contributed by atoms with Gasteiger partial charge in [0.15, 0.2) is 0 Å². The van der Waals surface area contributed by atoms with Crippen LogP contribution in [0.1, 0.15) is 29.7 Å². The third-order valence-corrected chi connectivity index (χ3v) is 6.10. The van der Waals surface area contributed by atoms with Gasteiger partial charge in [0.25, 0.3) is 12.3 Å². The van der Waals surface area contributed by atoms with Crippen molar-refractivity contribution in [1.82, 2.24) is 9.97 Å². The summed E-state index contributed by atoms with van der Waals surface area (Å²) in [6.45, 7) is 1.18. The zero-order valence-corrected chi connectivity index (χ0v) is 15.5. The van der Waals surface area contributed by atoms with Gasteiger partial charge in [-0.15, -0.1) is 0 Å². The number of alkyl halides is 4. The maximum absolute atomic E-state index is 14.4. The molecule has 3 aliphatic rings. The number of nitrogens with two attached hydrogens (primary N) is 1. The van der Waals surface area contributed by atoms with Crippen molar-refractivity contribution in [3.8, 4) is 11.3 Å². The van der Waals surface area contributed by atoms with Crippen LogP contribution in [0.4, 0.5) is 23.5 Å². The highest BCUT2D eigenvalue weighted by molar-refractivity contribution is 5.67. The Bertz CT molecular complexity index is 946. The first-order valence-electron chi connectivity index (χ1n) is 9.60. The molecule has 5 nitrogen and oxygen atoms in total. The summed E-state index contributed by atoms with van der Waals surface area (Å²) in [5, 5.41) is 0. The van der Waals surface area contributed by atoms with Crippen molar-refractivity contribution in [3.63, 3.8) is 0 Å². The highest BCUT2D eigenvalue weighted by Crippen LogP contribution is 2.45. The molecule has 0 spiro atoms. The van der Waals surface area contributed by atoms with Crippen molar-refractivity contribution < 1.29 is 22.3 Å². The lowest BCUT2D eigenvalue weighted by atomic mass is 9.88. The maximum atomic E-state index is 14.4. The van der Waals surface area contributed by atoms with Gasteiger partial charge in [0.05, 0.1) is 30.5 Å². The van der Waals surface area contributed by atoms with Gasteiger partial charge in [-0.3, -0.25) is 0 Å². The smallest absolute Gasteiger partial charge is 0.290 e. The first-order chi connectivity index (χ1) is 13.8. The van der Waals surface area contributed by atoms with Crippen LogP contribution in [0.15, 0.2) is 24.3 Å². The van der Waals surface area contributed by atoms with Gasteiger partial charge >= 0.3 is 0 Å². The van der Waals surface area contributed by atoms with E-state index in [4.69, 9.17) is 10.5 Å². The summed E-state index contributed by atoms with van der Waals surface area (Å²) in [6.07, 6.45) is -2.49. The molecular formula is C20H20F4N4O. The van der Waals surface area contributed by atoms with E-state index in [0.29, 0.717) is 43.0 Å². The minimum absolute atomic E-state index is 0.0522. The number of hydrogen-bond acceptors (Lipinski definition) is 5. The second-order valence-corrected chi connectivity index (χ2v) is 8.01. The van der Waals surface area contributed by atoms with Crippen LogP contribution in [-0.4, -0.2) is 42.2 Å². The molecule has 5 rings (SSSR count). The molecule has 1 unspecified atom stereocenters. The molecule has 0 radical (unpaired) electrons. The van der Waals surface area contributed by atoms with Crippen LogP contribution in [0.5, 0.6) is 0 Å². The second kappa shape index (κ2) is 6.37. The summed E-state index contributed by atoms with van der Waals surface area (Å²) >= 11 is 0. The highest BCUT2D eigenvalue weighted by atomic mass is 19.3. The maximum Gasteiger partial charge on any atom is 0.290 e. The Balaban J connectivity index is 1.57. The first-order valence-corrected chi connectivity index (χ1v) is 9.60. The van der Waals surface area contributed by atoms with Crippen LogP contribution in [0.3, 0.4) is 0 Å². The number of nitrogens with zero attached hydrogens (tertiary/aromatic N) is 3. The summed E-state index contributed by atoms with van der Waals surface area (Å²) < 4.78 is 60.5. The van der Waals surface area contributed by atoms with E-state index in [9.17, 15) is 17.6 Å². The van der Waals surface area contributed by atoms with E-state index in [0.717, 1.165) is 5.56 Å². The number of hydrogen-bond donors (Lipinski definition) is 1. The average molecular weight is 408 g/mol. The molecule has 154 valence electrons. The zero-order valence-electron chi connectivity index (χ0n) is 15.5. The Kier molecular flexibility index (Phi) is 4.12. The van der Waals surface area contributed by atoms with Gasteiger partial charge in [0, 0.05) is 24.1 Å². The van der Waals surface area contributed by atoms with Crippen molar-refractivity contribution in [2.45, 2.75) is 43.2 Å². The number of rotatable bonds is 4. The molecule has 2 saturated heterocycles. The fourth-order valence-electron chi connectivity index (χ4n) is 4.15. The monoisotopic (exact) mass is 408 g/mol. The summed E-state index contributed by atoms with van der Waals surface area (Å²) in [5.41, 5.74) is 7.66. The fraction of sp³-hybridized carbons (Fsp3) is 0.500. The van der Waals surface area contributed by atoms with Crippen LogP contribution < -0.4 is 10.6 Å². The van der Waals surface area contributed by atoms with Crippen molar-refractivity contribution >= 4 is 5.95 Å². The zero-order chi connectivity index (χ0) is 20.4. The number of ether oxygens (including phenoxy) is 1. The van der Waals surface area contributed by atoms with Crippen LogP contribution in [-0.2, 0) is 22.6 Å². The minimum atomic E-state index is -3.09. The van der Waals surface area contributed by atoms with Gasteiger partial charge in [-0.1, -0.05) is 24.3 Å². The van der Waals surface area contributed by atoms with Crippen molar-refractivity contribution in [3.05, 3.63) is 41.1 Å². The summed E-state index contributed by atoms with van der Waals surface area (Å²) in [5.74, 6) is -3.14. The number of halogens is 4. The normalized spacial score (nSPS) is 24.2. The van der Waals surface area contributed by atoms with Crippen molar-refractivity contribution in [2.24, 2.45) is 5.73 Å². The Hall–Kier alpha value is -2.26. The Morgan fingerprint density at radius 2 is 1.86 bits per heavy atom. The quantitative estimate of drug-likeness (QED) is 0.788. The van der Waals surface area contributed by atoms with Crippen LogP contribution >= 0.6 is 0 Å². The molecule has 0 amide bonds. The minimum Gasteiger partial charge on any atom is -0.377 e. The first kappa shape index (κ1) is 18.7. The summed E-state index contributed by atoms with van der Waals surface area (Å²) in [7, 11) is 0. The Morgan fingerprint density at radius 1 is 1.14 bits per heavy atom. The molecule has 3 heterocycles. The summed E-state index contributed by atoms with van der Waals surface area (Å²) in [6, 6.07) is 6.21. The molecule has 2 aliphatic heterocycles. The number of benzene rings is 1. The molecule has 0 bridgehead atoms. The lowest BCUT2D eigenvalue weighted by molar-refractivity contribution is -0.0569. The SMILES string of the molecule is NC1(c2ccc(-c3nc(N4CCC4C(F)F)nc4c3CCC4(F)F)cc2)COC1. The van der Waals surface area contributed by atoms with Crippen LogP contribution in [0.25, 0.3) is 11.3 Å². The molecule has 2 aromatic rings. The molecule has 1 aromatic heterocycles. The number of anilines is 1. The van der Waals surface area contributed by atoms with E-state index in [1.807, 2.05) is 12.1 Å². The van der Waals surface area contributed by atoms with Gasteiger partial charge < -0.3 is 15.4 Å². The molecule has 2 N–H and O–H groups in total. The average Bonchev–Trinajstić information content (AvgIpc) is 2.93. The predicted octanol–water partition coefficient (Wildman–Crippen LogP) is 3.21. The van der Waals surface area contributed by atoms with Crippen molar-refractivity contribution in [2.75, 3.05) is 24.7 Å². The van der Waals surface area contributed by atoms with Gasteiger partial charge in [0.2, 0.25) is 5.95 Å². The molecular weight excluding hydrogens is 388 g/mol. The van der Waals surface area contributed by atoms with E-state index >= 15 is 0 Å². The topological polar surface area (TPSA) is 64.3 Å². The van der Waals surface area contributed by atoms with E-state index in [-0.39, 0.29) is 24.5 Å². The standard InChI is InChI=1S/C20H20F4N4O/c21-17(22)14-6-8-28(14)18-26-15(13-5-7-20(23,24)16(13)27-18)11-1-3-12(4-2-11)19(25)9-29-10-19/h1-4,14,17H,5-10,25H2. The molecule has 1 aliphatic carbocycles. The molecule has 2 fully saturated rings. The molecule has 1 atom stereocenters.